The van der Waals surface area contributed by atoms with Crippen LogP contribution in [0.25, 0.3) is 0 Å². The van der Waals surface area contributed by atoms with E-state index in [-0.39, 0.29) is 5.91 Å². The summed E-state index contributed by atoms with van der Waals surface area (Å²) in [7, 11) is 0. The van der Waals surface area contributed by atoms with Crippen LogP contribution in [0.3, 0.4) is 0 Å². The van der Waals surface area contributed by atoms with E-state index in [0.29, 0.717) is 17.7 Å². The summed E-state index contributed by atoms with van der Waals surface area (Å²) in [5, 5.41) is 11.2. The minimum atomic E-state index is 0.0560. The van der Waals surface area contributed by atoms with Crippen LogP contribution in [0.1, 0.15) is 58.8 Å². The molecule has 2 fully saturated rings. The second-order valence-electron chi connectivity index (χ2n) is 7.10. The predicted octanol–water partition coefficient (Wildman–Crippen LogP) is 2.59. The maximum absolute atomic E-state index is 12.9. The van der Waals surface area contributed by atoms with Gasteiger partial charge in [-0.15, -0.1) is 11.3 Å². The van der Waals surface area contributed by atoms with Gasteiger partial charge in [-0.3, -0.25) is 9.48 Å². The average Bonchev–Trinajstić information content (AvgIpc) is 3.31. The molecule has 0 radical (unpaired) electrons. The summed E-state index contributed by atoms with van der Waals surface area (Å²) < 4.78 is 1.96. The third kappa shape index (κ3) is 3.62. The Morgan fingerprint density at radius 1 is 1.36 bits per heavy atom. The lowest BCUT2D eigenvalue weighted by Crippen LogP contribution is -2.39. The molecule has 0 bridgehead atoms. The molecule has 2 atom stereocenters. The highest BCUT2D eigenvalue weighted by Crippen LogP contribution is 2.29. The second-order valence-corrected chi connectivity index (χ2v) is 7.99. The number of piperidine rings is 2. The van der Waals surface area contributed by atoms with Crippen molar-refractivity contribution in [2.24, 2.45) is 0 Å². The summed E-state index contributed by atoms with van der Waals surface area (Å²) in [6.45, 7) is 5.61. The smallest absolute Gasteiger partial charge is 0.274 e. The van der Waals surface area contributed by atoms with Gasteiger partial charge in [-0.2, -0.15) is 5.10 Å². The van der Waals surface area contributed by atoms with E-state index in [1.54, 1.807) is 11.3 Å². The van der Waals surface area contributed by atoms with Gasteiger partial charge >= 0.3 is 0 Å². The molecule has 2 aliphatic rings. The molecule has 134 valence electrons. The number of amides is 1. The number of thiazole rings is 1. The van der Waals surface area contributed by atoms with Gasteiger partial charge in [0, 0.05) is 42.8 Å². The molecule has 1 N–H and O–H groups in total. The topological polar surface area (TPSA) is 63.1 Å². The fourth-order valence-corrected chi connectivity index (χ4v) is 4.73. The lowest BCUT2D eigenvalue weighted by molar-refractivity contribution is 0.0699. The van der Waals surface area contributed by atoms with Crippen LogP contribution >= 0.6 is 11.3 Å². The first-order valence-electron chi connectivity index (χ1n) is 9.18. The van der Waals surface area contributed by atoms with E-state index in [2.05, 4.69) is 20.8 Å². The molecule has 2 unspecified atom stereocenters. The third-order valence-electron chi connectivity index (χ3n) is 5.17. The quantitative estimate of drug-likeness (QED) is 0.915. The minimum absolute atomic E-state index is 0.0560. The molecular formula is C18H25N5OS. The van der Waals surface area contributed by atoms with Gasteiger partial charge in [-0.05, 0) is 45.2 Å². The number of carbonyl (C=O) groups excluding carboxylic acids is 1. The molecule has 4 rings (SSSR count). The number of likely N-dealkylation sites (tertiary alicyclic amines) is 1. The number of nitrogens with one attached hydrogen (secondary N) is 1. The minimum Gasteiger partial charge on any atom is -0.337 e. The standard InChI is InChI=1S/C18H25N5OS/c1-13-12-25-17(20-13)14-4-3-8-22(11-14)18(24)16-6-9-23(21-16)15-5-2-7-19-10-15/h6,9,12,14-15,19H,2-5,7-8,10-11H2,1H3. The summed E-state index contributed by atoms with van der Waals surface area (Å²) in [6.07, 6.45) is 6.38. The van der Waals surface area contributed by atoms with E-state index in [0.717, 1.165) is 62.6 Å². The van der Waals surface area contributed by atoms with Crippen molar-refractivity contribution in [1.82, 2.24) is 25.0 Å². The maximum Gasteiger partial charge on any atom is 0.274 e. The number of nitrogens with zero attached hydrogens (tertiary/aromatic N) is 4. The number of aryl methyl sites for hydroxylation is 1. The second kappa shape index (κ2) is 7.25. The number of hydrogen-bond donors (Lipinski definition) is 1. The molecule has 0 aromatic carbocycles. The Hall–Kier alpha value is -1.73. The van der Waals surface area contributed by atoms with Crippen molar-refractivity contribution < 1.29 is 4.79 Å². The van der Waals surface area contributed by atoms with Gasteiger partial charge in [0.05, 0.1) is 11.0 Å². The SMILES string of the molecule is Cc1csc(C2CCCN(C(=O)c3ccn(C4CCCNC4)n3)C2)n1. The first-order chi connectivity index (χ1) is 12.2. The van der Waals surface area contributed by atoms with Crippen LogP contribution in [0.15, 0.2) is 17.6 Å². The first kappa shape index (κ1) is 16.7. The number of hydrogen-bond acceptors (Lipinski definition) is 5. The molecule has 4 heterocycles. The highest BCUT2D eigenvalue weighted by molar-refractivity contribution is 7.09. The molecule has 25 heavy (non-hydrogen) atoms. The van der Waals surface area contributed by atoms with Gasteiger partial charge in [0.15, 0.2) is 0 Å². The molecule has 2 saturated heterocycles. The Morgan fingerprint density at radius 3 is 3.04 bits per heavy atom. The summed E-state index contributed by atoms with van der Waals surface area (Å²) in [5.41, 5.74) is 1.64. The fraction of sp³-hybridized carbons (Fsp3) is 0.611. The highest BCUT2D eigenvalue weighted by Gasteiger charge is 2.28. The van der Waals surface area contributed by atoms with Gasteiger partial charge in [0.25, 0.3) is 5.91 Å². The van der Waals surface area contributed by atoms with Crippen molar-refractivity contribution in [3.63, 3.8) is 0 Å². The Bertz CT molecular complexity index is 733. The summed E-state index contributed by atoms with van der Waals surface area (Å²) >= 11 is 1.71. The largest absolute Gasteiger partial charge is 0.337 e. The van der Waals surface area contributed by atoms with Crippen LogP contribution in [0, 0.1) is 6.92 Å². The average molecular weight is 359 g/mol. The van der Waals surface area contributed by atoms with E-state index in [4.69, 9.17) is 0 Å². The monoisotopic (exact) mass is 359 g/mol. The lowest BCUT2D eigenvalue weighted by atomic mass is 9.98. The van der Waals surface area contributed by atoms with Crippen LogP contribution in [0.4, 0.5) is 0 Å². The van der Waals surface area contributed by atoms with Crippen molar-refractivity contribution in [2.75, 3.05) is 26.2 Å². The molecule has 2 aromatic heterocycles. The molecule has 0 spiro atoms. The van der Waals surface area contributed by atoms with Gasteiger partial charge in [0.1, 0.15) is 5.69 Å². The van der Waals surface area contributed by atoms with Gasteiger partial charge in [0.2, 0.25) is 0 Å². The van der Waals surface area contributed by atoms with Gasteiger partial charge in [-0.1, -0.05) is 0 Å². The first-order valence-corrected chi connectivity index (χ1v) is 10.1. The van der Waals surface area contributed by atoms with Crippen molar-refractivity contribution in [3.8, 4) is 0 Å². The molecule has 6 nitrogen and oxygen atoms in total. The fourth-order valence-electron chi connectivity index (χ4n) is 3.80. The third-order valence-corrected chi connectivity index (χ3v) is 6.29. The van der Waals surface area contributed by atoms with Gasteiger partial charge in [-0.25, -0.2) is 4.98 Å². The van der Waals surface area contributed by atoms with Crippen LogP contribution < -0.4 is 5.32 Å². The Labute approximate surface area is 152 Å². The van der Waals surface area contributed by atoms with E-state index < -0.39 is 0 Å². The van der Waals surface area contributed by atoms with E-state index in [1.165, 1.54) is 0 Å². The number of rotatable bonds is 3. The van der Waals surface area contributed by atoms with Crippen LogP contribution in [0.2, 0.25) is 0 Å². The van der Waals surface area contributed by atoms with Crippen molar-refractivity contribution in [3.05, 3.63) is 34.0 Å². The van der Waals surface area contributed by atoms with Crippen LogP contribution in [-0.2, 0) is 0 Å². The Kier molecular flexibility index (Phi) is 4.85. The van der Waals surface area contributed by atoms with Crippen LogP contribution in [-0.4, -0.2) is 51.8 Å². The highest BCUT2D eigenvalue weighted by atomic mass is 32.1. The Morgan fingerprint density at radius 2 is 2.28 bits per heavy atom. The normalized spacial score (nSPS) is 24.4. The van der Waals surface area contributed by atoms with Crippen molar-refractivity contribution in [2.45, 2.75) is 44.6 Å². The number of aromatic nitrogens is 3. The zero-order valence-electron chi connectivity index (χ0n) is 14.6. The zero-order valence-corrected chi connectivity index (χ0v) is 15.5. The van der Waals surface area contributed by atoms with Crippen LogP contribution in [0.5, 0.6) is 0 Å². The number of carbonyl (C=O) groups is 1. The van der Waals surface area contributed by atoms with E-state index >= 15 is 0 Å². The molecular weight excluding hydrogens is 334 g/mol. The van der Waals surface area contributed by atoms with Crippen molar-refractivity contribution >= 4 is 17.2 Å². The molecule has 1 amide bonds. The van der Waals surface area contributed by atoms with E-state index in [1.807, 2.05) is 28.8 Å². The maximum atomic E-state index is 12.9. The summed E-state index contributed by atoms with van der Waals surface area (Å²) in [4.78, 5) is 19.5. The molecule has 0 saturated carbocycles. The molecule has 0 aliphatic carbocycles. The predicted molar refractivity (Wildman–Crippen MR) is 98.1 cm³/mol. The zero-order chi connectivity index (χ0) is 17.2. The van der Waals surface area contributed by atoms with Crippen molar-refractivity contribution in [1.29, 1.82) is 0 Å². The molecule has 2 aromatic rings. The summed E-state index contributed by atoms with van der Waals surface area (Å²) in [6, 6.07) is 2.23. The van der Waals surface area contributed by atoms with E-state index in [9.17, 15) is 4.79 Å². The summed E-state index contributed by atoms with van der Waals surface area (Å²) in [5.74, 6) is 0.418. The van der Waals surface area contributed by atoms with Gasteiger partial charge < -0.3 is 10.2 Å². The Balaban J connectivity index is 1.44. The molecule has 7 heteroatoms. The lowest BCUT2D eigenvalue weighted by Gasteiger charge is -2.31. The molecule has 2 aliphatic heterocycles.